The Kier molecular flexibility index (Phi) is 6.10. The number of amidine groups is 1. The van der Waals surface area contributed by atoms with Gasteiger partial charge in [0.05, 0.1) is 18.4 Å². The Labute approximate surface area is 196 Å². The minimum Gasteiger partial charge on any atom is -0.321 e. The first kappa shape index (κ1) is 23.5. The lowest BCUT2D eigenvalue weighted by Gasteiger charge is -2.37. The molecule has 3 heterocycles. The molecule has 4 rings (SSSR count). The fourth-order valence-electron chi connectivity index (χ4n) is 3.94. The van der Waals surface area contributed by atoms with Crippen molar-refractivity contribution in [1.29, 1.82) is 0 Å². The number of hydrogen-bond donors (Lipinski definition) is 1. The minimum atomic E-state index is -2.09. The Bertz CT molecular complexity index is 1050. The van der Waals surface area contributed by atoms with Gasteiger partial charge in [-0.05, 0) is 23.7 Å². The van der Waals surface area contributed by atoms with E-state index in [-0.39, 0.29) is 17.1 Å². The first-order valence-corrected chi connectivity index (χ1v) is 14.1. The van der Waals surface area contributed by atoms with Crippen LogP contribution in [0.4, 0.5) is 4.79 Å². The number of hydrogen-bond acceptors (Lipinski definition) is 5. The largest absolute Gasteiger partial charge is 0.345 e. The van der Waals surface area contributed by atoms with E-state index in [4.69, 9.17) is 9.36 Å². The molecule has 0 spiro atoms. The fourth-order valence-corrected chi connectivity index (χ4v) is 4.61. The molecular formula is C23H34N6O3Si. The Hall–Kier alpha value is -2.69. The van der Waals surface area contributed by atoms with E-state index in [0.29, 0.717) is 19.0 Å². The van der Waals surface area contributed by atoms with E-state index in [1.165, 1.54) is 5.06 Å². The van der Waals surface area contributed by atoms with Gasteiger partial charge in [0.1, 0.15) is 24.5 Å². The van der Waals surface area contributed by atoms with Crippen LogP contribution in [0.25, 0.3) is 0 Å². The maximum Gasteiger partial charge on any atom is 0.345 e. The molecule has 2 aliphatic heterocycles. The maximum absolute atomic E-state index is 13.5. The molecule has 178 valence electrons. The number of rotatable bonds is 6. The van der Waals surface area contributed by atoms with Gasteiger partial charge in [0, 0.05) is 19.7 Å². The van der Waals surface area contributed by atoms with Crippen LogP contribution >= 0.6 is 0 Å². The van der Waals surface area contributed by atoms with Gasteiger partial charge in [-0.2, -0.15) is 10.2 Å². The molecular weight excluding hydrogens is 436 g/mol. The van der Waals surface area contributed by atoms with Gasteiger partial charge in [-0.25, -0.2) is 4.79 Å². The van der Waals surface area contributed by atoms with E-state index < -0.39 is 14.4 Å². The predicted octanol–water partition coefficient (Wildman–Crippen LogP) is 3.94. The third-order valence-electron chi connectivity index (χ3n) is 6.96. The molecule has 0 saturated carbocycles. The molecule has 33 heavy (non-hydrogen) atoms. The van der Waals surface area contributed by atoms with Crippen LogP contribution in [0.3, 0.4) is 0 Å². The van der Waals surface area contributed by atoms with E-state index >= 15 is 0 Å². The summed E-state index contributed by atoms with van der Waals surface area (Å²) >= 11 is 0. The van der Waals surface area contributed by atoms with Crippen LogP contribution in [0.15, 0.2) is 41.5 Å². The highest BCUT2D eigenvalue weighted by Gasteiger charge is 2.52. The summed E-state index contributed by atoms with van der Waals surface area (Å²) in [6.07, 6.45) is 1.82. The zero-order chi connectivity index (χ0) is 24.0. The van der Waals surface area contributed by atoms with Crippen LogP contribution < -0.4 is 5.48 Å². The molecule has 2 atom stereocenters. The van der Waals surface area contributed by atoms with Crippen molar-refractivity contribution in [2.75, 3.05) is 13.6 Å². The fraction of sp³-hybridized carbons (Fsp3) is 0.522. The van der Waals surface area contributed by atoms with E-state index in [0.717, 1.165) is 16.8 Å². The normalized spacial score (nSPS) is 20.9. The maximum atomic E-state index is 13.5. The van der Waals surface area contributed by atoms with Crippen molar-refractivity contribution in [1.82, 2.24) is 25.2 Å². The summed E-state index contributed by atoms with van der Waals surface area (Å²) in [7, 11) is 1.51. The third kappa shape index (κ3) is 4.18. The summed E-state index contributed by atoms with van der Waals surface area (Å²) in [6.45, 7) is 11.7. The summed E-state index contributed by atoms with van der Waals surface area (Å²) in [6, 6.07) is 8.99. The second-order valence-electron chi connectivity index (χ2n) is 10.1. The molecule has 9 nitrogen and oxygen atoms in total. The van der Waals surface area contributed by atoms with Gasteiger partial charge in [-0.15, -0.1) is 0 Å². The van der Waals surface area contributed by atoms with Crippen LogP contribution in [0.1, 0.15) is 49.7 Å². The molecule has 2 amide bonds. The number of fused-ring (bicyclic) bond motifs is 4. The zero-order valence-electron chi connectivity index (χ0n) is 20.5. The standard InChI is InChI=1S/C23H34N6O3Si/c1-23(2,3)33(6,7)32-26-21(24-4)20-19-17(13-25-27(19)5)18-14-28(20)22(30)29(18)31-15-16-11-9-8-10-12-16/h8-13,18,20H,14-15H2,1-7H3,(H,24,26)/t18-,20-/m1/s1. The second kappa shape index (κ2) is 8.58. The lowest BCUT2D eigenvalue weighted by Crippen LogP contribution is -2.50. The average molecular weight is 471 g/mol. The molecule has 10 heteroatoms. The minimum absolute atomic E-state index is 0.0275. The lowest BCUT2D eigenvalue weighted by molar-refractivity contribution is -0.141. The highest BCUT2D eigenvalue weighted by atomic mass is 28.4. The van der Waals surface area contributed by atoms with Crippen molar-refractivity contribution in [3.8, 4) is 0 Å². The summed E-state index contributed by atoms with van der Waals surface area (Å²) in [5.74, 6) is 0.585. The number of amides is 2. The number of nitrogens with zero attached hydrogens (tertiary/aromatic N) is 5. The van der Waals surface area contributed by atoms with Gasteiger partial charge in [0.2, 0.25) is 8.32 Å². The first-order chi connectivity index (χ1) is 15.5. The number of carbonyl (C=O) groups is 1. The molecule has 2 bridgehead atoms. The van der Waals surface area contributed by atoms with Gasteiger partial charge in [-0.1, -0.05) is 51.1 Å². The summed E-state index contributed by atoms with van der Waals surface area (Å²) < 4.78 is 8.06. The summed E-state index contributed by atoms with van der Waals surface area (Å²) in [4.78, 5) is 25.8. The van der Waals surface area contributed by atoms with Crippen LogP contribution in [-0.4, -0.2) is 53.5 Å². The SMILES string of the molecule is CN=C(NO[Si](C)(C)C(C)(C)C)[C@H]1c2c(cnn2C)[C@H]2CN1C(=O)N2OCc1ccccc1. The number of urea groups is 1. The monoisotopic (exact) mass is 470 g/mol. The van der Waals surface area contributed by atoms with E-state index in [1.807, 2.05) is 48.3 Å². The number of aromatic nitrogens is 2. The first-order valence-electron chi connectivity index (χ1n) is 11.2. The smallest absolute Gasteiger partial charge is 0.321 e. The quantitative estimate of drug-likeness (QED) is 0.299. The number of benzene rings is 1. The molecule has 1 aromatic carbocycles. The Morgan fingerprint density at radius 1 is 1.27 bits per heavy atom. The predicted molar refractivity (Wildman–Crippen MR) is 129 cm³/mol. The van der Waals surface area contributed by atoms with Crippen LogP contribution in [-0.2, 0) is 23.0 Å². The van der Waals surface area contributed by atoms with Crippen molar-refractivity contribution in [3.63, 3.8) is 0 Å². The van der Waals surface area contributed by atoms with Crippen LogP contribution in [0.5, 0.6) is 0 Å². The molecule has 1 saturated heterocycles. The van der Waals surface area contributed by atoms with Gasteiger partial charge in [0.15, 0.2) is 0 Å². The molecule has 2 aromatic rings. The van der Waals surface area contributed by atoms with Crippen LogP contribution in [0.2, 0.25) is 18.1 Å². The number of nitrogens with one attached hydrogen (secondary N) is 1. The molecule has 0 aliphatic carbocycles. The van der Waals surface area contributed by atoms with Crippen molar-refractivity contribution < 1.29 is 14.2 Å². The van der Waals surface area contributed by atoms with Crippen LogP contribution in [0, 0.1) is 0 Å². The highest BCUT2D eigenvalue weighted by molar-refractivity contribution is 6.74. The number of carbonyl (C=O) groups excluding carboxylic acids is 1. The van der Waals surface area contributed by atoms with E-state index in [2.05, 4.69) is 49.4 Å². The van der Waals surface area contributed by atoms with Crippen molar-refractivity contribution in [3.05, 3.63) is 53.3 Å². The van der Waals surface area contributed by atoms with E-state index in [1.54, 1.807) is 11.9 Å². The zero-order valence-corrected chi connectivity index (χ0v) is 21.5. The van der Waals surface area contributed by atoms with Crippen molar-refractivity contribution in [2.24, 2.45) is 12.0 Å². The number of hydroxylamine groups is 3. The highest BCUT2D eigenvalue weighted by Crippen LogP contribution is 2.44. The van der Waals surface area contributed by atoms with Gasteiger partial charge >= 0.3 is 6.03 Å². The molecule has 1 N–H and O–H groups in total. The molecule has 1 aromatic heterocycles. The van der Waals surface area contributed by atoms with Crippen molar-refractivity contribution >= 4 is 20.2 Å². The topological polar surface area (TPSA) is 84.2 Å². The molecule has 0 radical (unpaired) electrons. The Morgan fingerprint density at radius 2 is 1.97 bits per heavy atom. The number of aryl methyl sites for hydroxylation is 1. The second-order valence-corrected chi connectivity index (χ2v) is 14.8. The van der Waals surface area contributed by atoms with Gasteiger partial charge < -0.3 is 9.43 Å². The molecule has 0 unspecified atom stereocenters. The van der Waals surface area contributed by atoms with Gasteiger partial charge in [0.25, 0.3) is 0 Å². The van der Waals surface area contributed by atoms with E-state index in [9.17, 15) is 4.79 Å². The number of aliphatic imine (C=N–C) groups is 1. The van der Waals surface area contributed by atoms with Gasteiger partial charge in [-0.3, -0.25) is 20.0 Å². The molecule has 1 fully saturated rings. The average Bonchev–Trinajstić information content (AvgIpc) is 3.28. The Morgan fingerprint density at radius 3 is 2.61 bits per heavy atom. The third-order valence-corrected chi connectivity index (χ3v) is 11.2. The summed E-state index contributed by atoms with van der Waals surface area (Å²) in [5, 5.41) is 6.00. The lowest BCUT2D eigenvalue weighted by atomic mass is 9.97. The Balaban J connectivity index is 1.60. The summed E-state index contributed by atoms with van der Waals surface area (Å²) in [5.41, 5.74) is 6.02. The van der Waals surface area contributed by atoms with Crippen molar-refractivity contribution in [2.45, 2.75) is 57.6 Å². The molecule has 2 aliphatic rings.